The minimum absolute atomic E-state index is 0.197. The predicted molar refractivity (Wildman–Crippen MR) is 125 cm³/mol. The number of anilines is 4. The predicted octanol–water partition coefficient (Wildman–Crippen LogP) is 4.89. The van der Waals surface area contributed by atoms with Gasteiger partial charge in [0, 0.05) is 35.8 Å². The SMILES string of the molecule is O=C(Nc1ccc(Cl)c(Nc2nccn2-c2cc(NC3CC3)ncn2)c1)c1ccccc1. The zero-order chi connectivity index (χ0) is 21.9. The van der Waals surface area contributed by atoms with E-state index in [1.807, 2.05) is 28.8 Å². The van der Waals surface area contributed by atoms with Crippen LogP contribution in [0, 0.1) is 0 Å². The van der Waals surface area contributed by atoms with Crippen molar-refractivity contribution >= 4 is 40.6 Å². The topological polar surface area (TPSA) is 96.8 Å². The highest BCUT2D eigenvalue weighted by Crippen LogP contribution is 2.29. The number of nitrogens with one attached hydrogen (secondary N) is 3. The molecule has 1 saturated carbocycles. The Morgan fingerprint density at radius 3 is 2.69 bits per heavy atom. The van der Waals surface area contributed by atoms with Gasteiger partial charge in [-0.15, -0.1) is 0 Å². The minimum atomic E-state index is -0.197. The molecule has 2 aromatic heterocycles. The Bertz CT molecular complexity index is 1250. The second-order valence-corrected chi connectivity index (χ2v) is 7.85. The van der Waals surface area contributed by atoms with Gasteiger partial charge in [0.1, 0.15) is 18.0 Å². The number of aromatic nitrogens is 4. The molecule has 1 aliphatic rings. The number of carbonyl (C=O) groups excluding carboxylic acids is 1. The summed E-state index contributed by atoms with van der Waals surface area (Å²) in [6.45, 7) is 0. The normalized spacial score (nSPS) is 12.9. The fourth-order valence-electron chi connectivity index (χ4n) is 3.19. The van der Waals surface area contributed by atoms with Gasteiger partial charge in [0.2, 0.25) is 5.95 Å². The Labute approximate surface area is 189 Å². The van der Waals surface area contributed by atoms with E-state index in [9.17, 15) is 4.79 Å². The fourth-order valence-corrected chi connectivity index (χ4v) is 3.35. The molecule has 1 amide bonds. The molecular weight excluding hydrogens is 426 g/mol. The van der Waals surface area contributed by atoms with Gasteiger partial charge in [-0.1, -0.05) is 29.8 Å². The molecule has 2 aromatic carbocycles. The standard InChI is InChI=1S/C23H20ClN7O/c24-18-9-8-17(29-22(32)15-4-2-1-3-5-15)12-19(18)30-23-25-10-11-31(23)21-13-20(26-14-27-21)28-16-6-7-16/h1-5,8-14,16H,6-7H2,(H,25,30)(H,29,32)(H,26,27,28). The van der Waals surface area contributed by atoms with Crippen LogP contribution in [0.15, 0.2) is 73.3 Å². The van der Waals surface area contributed by atoms with Gasteiger partial charge >= 0.3 is 0 Å². The summed E-state index contributed by atoms with van der Waals surface area (Å²) in [5, 5.41) is 9.99. The molecule has 9 heteroatoms. The lowest BCUT2D eigenvalue weighted by Gasteiger charge is -2.13. The van der Waals surface area contributed by atoms with E-state index >= 15 is 0 Å². The van der Waals surface area contributed by atoms with Crippen LogP contribution < -0.4 is 16.0 Å². The summed E-state index contributed by atoms with van der Waals surface area (Å²) in [5.74, 6) is 1.79. The van der Waals surface area contributed by atoms with Crippen molar-refractivity contribution in [2.45, 2.75) is 18.9 Å². The third-order valence-electron chi connectivity index (χ3n) is 4.98. The molecule has 0 saturated heterocycles. The van der Waals surface area contributed by atoms with Crippen LogP contribution in [0.5, 0.6) is 0 Å². The van der Waals surface area contributed by atoms with Gasteiger partial charge in [-0.05, 0) is 43.2 Å². The molecule has 4 aromatic rings. The van der Waals surface area contributed by atoms with E-state index in [2.05, 4.69) is 30.9 Å². The third-order valence-corrected chi connectivity index (χ3v) is 5.31. The Morgan fingerprint density at radius 1 is 1.03 bits per heavy atom. The lowest BCUT2D eigenvalue weighted by atomic mass is 10.2. The summed E-state index contributed by atoms with van der Waals surface area (Å²) in [6.07, 6.45) is 7.32. The average molecular weight is 446 g/mol. The zero-order valence-corrected chi connectivity index (χ0v) is 17.8. The summed E-state index contributed by atoms with van der Waals surface area (Å²) in [5.41, 5.74) is 1.80. The quantitative estimate of drug-likeness (QED) is 0.375. The second-order valence-electron chi connectivity index (χ2n) is 7.44. The molecule has 0 unspecified atom stereocenters. The third kappa shape index (κ3) is 4.55. The summed E-state index contributed by atoms with van der Waals surface area (Å²) < 4.78 is 1.81. The maximum absolute atomic E-state index is 12.5. The van der Waals surface area contributed by atoms with Crippen LogP contribution >= 0.6 is 11.6 Å². The van der Waals surface area contributed by atoms with Crippen LogP contribution in [0.4, 0.5) is 23.1 Å². The molecule has 1 fully saturated rings. The van der Waals surface area contributed by atoms with Gasteiger partial charge < -0.3 is 16.0 Å². The van der Waals surface area contributed by atoms with E-state index < -0.39 is 0 Å². The summed E-state index contributed by atoms with van der Waals surface area (Å²) in [6, 6.07) is 16.6. The van der Waals surface area contributed by atoms with Crippen molar-refractivity contribution in [2.75, 3.05) is 16.0 Å². The monoisotopic (exact) mass is 445 g/mol. The molecule has 0 bridgehead atoms. The highest BCUT2D eigenvalue weighted by atomic mass is 35.5. The number of halogens is 1. The van der Waals surface area contributed by atoms with E-state index in [1.165, 1.54) is 6.33 Å². The molecule has 1 aliphatic carbocycles. The summed E-state index contributed by atoms with van der Waals surface area (Å²) in [4.78, 5) is 25.5. The molecule has 0 radical (unpaired) electrons. The van der Waals surface area contributed by atoms with Crippen LogP contribution in [-0.4, -0.2) is 31.5 Å². The zero-order valence-electron chi connectivity index (χ0n) is 17.0. The van der Waals surface area contributed by atoms with Gasteiger partial charge in [0.05, 0.1) is 10.7 Å². The smallest absolute Gasteiger partial charge is 0.255 e. The van der Waals surface area contributed by atoms with Crippen molar-refractivity contribution in [2.24, 2.45) is 0 Å². The lowest BCUT2D eigenvalue weighted by Crippen LogP contribution is -2.12. The number of nitrogens with zero attached hydrogens (tertiary/aromatic N) is 4. The molecule has 5 rings (SSSR count). The molecule has 8 nitrogen and oxygen atoms in total. The maximum Gasteiger partial charge on any atom is 0.255 e. The van der Waals surface area contributed by atoms with Crippen LogP contribution in [-0.2, 0) is 0 Å². The molecular formula is C23H20ClN7O. The van der Waals surface area contributed by atoms with Gasteiger partial charge in [0.15, 0.2) is 0 Å². The van der Waals surface area contributed by atoms with Crippen LogP contribution in [0.1, 0.15) is 23.2 Å². The number of benzene rings is 2. The first-order valence-electron chi connectivity index (χ1n) is 10.2. The molecule has 0 aliphatic heterocycles. The van der Waals surface area contributed by atoms with Gasteiger partial charge in [0.25, 0.3) is 5.91 Å². The molecule has 3 N–H and O–H groups in total. The Balaban J connectivity index is 1.36. The van der Waals surface area contributed by atoms with Gasteiger partial charge in [-0.2, -0.15) is 0 Å². The molecule has 0 spiro atoms. The van der Waals surface area contributed by atoms with Crippen LogP contribution in [0.3, 0.4) is 0 Å². The lowest BCUT2D eigenvalue weighted by molar-refractivity contribution is 0.102. The second kappa shape index (κ2) is 8.68. The maximum atomic E-state index is 12.5. The number of rotatable bonds is 7. The summed E-state index contributed by atoms with van der Waals surface area (Å²) >= 11 is 6.41. The molecule has 2 heterocycles. The van der Waals surface area contributed by atoms with E-state index in [0.717, 1.165) is 18.7 Å². The van der Waals surface area contributed by atoms with Gasteiger partial charge in [-0.25, -0.2) is 15.0 Å². The minimum Gasteiger partial charge on any atom is -0.367 e. The molecule has 160 valence electrons. The molecule has 32 heavy (non-hydrogen) atoms. The van der Waals surface area contributed by atoms with Crippen molar-refractivity contribution in [3.8, 4) is 5.82 Å². The number of carbonyl (C=O) groups is 1. The van der Waals surface area contributed by atoms with Crippen molar-refractivity contribution in [1.82, 2.24) is 19.5 Å². The first-order chi connectivity index (χ1) is 15.7. The van der Waals surface area contributed by atoms with E-state index in [4.69, 9.17) is 11.6 Å². The highest BCUT2D eigenvalue weighted by Gasteiger charge is 2.21. The van der Waals surface area contributed by atoms with Crippen molar-refractivity contribution in [3.63, 3.8) is 0 Å². The summed E-state index contributed by atoms with van der Waals surface area (Å²) in [7, 11) is 0. The van der Waals surface area contributed by atoms with Crippen molar-refractivity contribution < 1.29 is 4.79 Å². The molecule has 0 atom stereocenters. The number of hydrogen-bond donors (Lipinski definition) is 3. The van der Waals surface area contributed by atoms with Crippen molar-refractivity contribution in [1.29, 1.82) is 0 Å². The van der Waals surface area contributed by atoms with Crippen LogP contribution in [0.25, 0.3) is 5.82 Å². The number of imidazole rings is 1. The first kappa shape index (κ1) is 20.0. The Hall–Kier alpha value is -3.91. The van der Waals surface area contributed by atoms with E-state index in [-0.39, 0.29) is 5.91 Å². The average Bonchev–Trinajstić information content (AvgIpc) is 3.51. The van der Waals surface area contributed by atoms with Gasteiger partial charge in [-0.3, -0.25) is 9.36 Å². The van der Waals surface area contributed by atoms with E-state index in [0.29, 0.717) is 39.8 Å². The van der Waals surface area contributed by atoms with E-state index in [1.54, 1.807) is 42.7 Å². The highest BCUT2D eigenvalue weighted by molar-refractivity contribution is 6.33. The Kier molecular flexibility index (Phi) is 5.43. The largest absolute Gasteiger partial charge is 0.367 e. The number of amides is 1. The fraction of sp³-hybridized carbons (Fsp3) is 0.130. The number of hydrogen-bond acceptors (Lipinski definition) is 6. The van der Waals surface area contributed by atoms with Crippen molar-refractivity contribution in [3.05, 3.63) is 83.9 Å². The van der Waals surface area contributed by atoms with Crippen LogP contribution in [0.2, 0.25) is 5.02 Å². The Morgan fingerprint density at radius 2 is 1.88 bits per heavy atom. The first-order valence-corrected chi connectivity index (χ1v) is 10.6.